The van der Waals surface area contributed by atoms with E-state index in [9.17, 15) is 14.7 Å². The third-order valence-corrected chi connectivity index (χ3v) is 4.10. The van der Waals surface area contributed by atoms with Crippen LogP contribution in [0.15, 0.2) is 42.7 Å². The Morgan fingerprint density at radius 3 is 2.64 bits per heavy atom. The Morgan fingerprint density at radius 2 is 1.95 bits per heavy atom. The molecule has 1 amide bonds. The van der Waals surface area contributed by atoms with Gasteiger partial charge in [-0.25, -0.2) is 4.79 Å². The van der Waals surface area contributed by atoms with Crippen molar-refractivity contribution in [3.63, 3.8) is 0 Å². The van der Waals surface area contributed by atoms with E-state index in [4.69, 9.17) is 11.6 Å². The van der Waals surface area contributed by atoms with Crippen LogP contribution in [0.3, 0.4) is 0 Å². The average molecular weight is 317 g/mol. The molecule has 1 aromatic heterocycles. The Balaban J connectivity index is 1.99. The van der Waals surface area contributed by atoms with Crippen LogP contribution in [0, 0.1) is 0 Å². The highest BCUT2D eigenvalue weighted by atomic mass is 35.5. The zero-order valence-corrected chi connectivity index (χ0v) is 12.3. The minimum Gasteiger partial charge on any atom is -0.480 e. The van der Waals surface area contributed by atoms with Crippen molar-refractivity contribution in [2.75, 3.05) is 0 Å². The van der Waals surface area contributed by atoms with Crippen LogP contribution in [0.5, 0.6) is 0 Å². The highest BCUT2D eigenvalue weighted by Crippen LogP contribution is 2.26. The molecule has 0 saturated carbocycles. The Morgan fingerprint density at radius 1 is 1.23 bits per heavy atom. The Labute approximate surface area is 132 Å². The molecule has 1 aliphatic heterocycles. The fourth-order valence-electron chi connectivity index (χ4n) is 2.66. The molecule has 112 valence electrons. The summed E-state index contributed by atoms with van der Waals surface area (Å²) >= 11 is 6.01. The predicted octanol–water partition coefficient (Wildman–Crippen LogP) is 2.39. The van der Waals surface area contributed by atoms with Crippen LogP contribution in [0.1, 0.15) is 21.5 Å². The number of pyridine rings is 1. The number of aromatic nitrogens is 1. The highest BCUT2D eigenvalue weighted by molar-refractivity contribution is 6.33. The lowest BCUT2D eigenvalue weighted by Gasteiger charge is -2.34. The summed E-state index contributed by atoms with van der Waals surface area (Å²) in [5.41, 5.74) is 2.18. The SMILES string of the molecule is O=C(O)C1Cc2ccccc2CN1C(=O)c1ccncc1Cl. The summed E-state index contributed by atoms with van der Waals surface area (Å²) in [4.78, 5) is 29.4. The molecule has 0 spiro atoms. The van der Waals surface area contributed by atoms with Gasteiger partial charge in [0.1, 0.15) is 6.04 Å². The van der Waals surface area contributed by atoms with Crippen LogP contribution >= 0.6 is 11.6 Å². The maximum absolute atomic E-state index is 12.7. The molecule has 22 heavy (non-hydrogen) atoms. The summed E-state index contributed by atoms with van der Waals surface area (Å²) in [5.74, 6) is -1.41. The minimum absolute atomic E-state index is 0.218. The molecule has 1 N–H and O–H groups in total. The maximum atomic E-state index is 12.7. The van der Waals surface area contributed by atoms with Gasteiger partial charge in [-0.15, -0.1) is 0 Å². The van der Waals surface area contributed by atoms with Crippen molar-refractivity contribution in [1.29, 1.82) is 0 Å². The molecule has 3 rings (SSSR count). The van der Waals surface area contributed by atoms with Gasteiger partial charge in [0, 0.05) is 25.4 Å². The van der Waals surface area contributed by atoms with Crippen LogP contribution < -0.4 is 0 Å². The quantitative estimate of drug-likeness (QED) is 0.923. The van der Waals surface area contributed by atoms with Gasteiger partial charge in [0.15, 0.2) is 0 Å². The van der Waals surface area contributed by atoms with E-state index in [0.717, 1.165) is 11.1 Å². The van der Waals surface area contributed by atoms with Crippen molar-refractivity contribution >= 4 is 23.5 Å². The summed E-state index contributed by atoms with van der Waals surface area (Å²) in [6, 6.07) is 8.15. The third-order valence-electron chi connectivity index (χ3n) is 3.80. The van der Waals surface area contributed by atoms with E-state index in [1.54, 1.807) is 0 Å². The molecule has 6 heteroatoms. The third kappa shape index (κ3) is 2.55. The first kappa shape index (κ1) is 14.5. The summed E-state index contributed by atoms with van der Waals surface area (Å²) < 4.78 is 0. The lowest BCUT2D eigenvalue weighted by molar-refractivity contribution is -0.142. The zero-order valence-electron chi connectivity index (χ0n) is 11.6. The first-order chi connectivity index (χ1) is 10.6. The van der Waals surface area contributed by atoms with Crippen LogP contribution in [-0.2, 0) is 17.8 Å². The molecular weight excluding hydrogens is 304 g/mol. The average Bonchev–Trinajstić information content (AvgIpc) is 2.53. The van der Waals surface area contributed by atoms with Crippen LogP contribution in [0.25, 0.3) is 0 Å². The molecule has 1 aromatic carbocycles. The molecule has 0 aliphatic carbocycles. The second kappa shape index (κ2) is 5.77. The van der Waals surface area contributed by atoms with E-state index in [0.29, 0.717) is 6.42 Å². The molecule has 0 radical (unpaired) electrons. The number of hydrogen-bond acceptors (Lipinski definition) is 3. The molecular formula is C16H13ClN2O3. The molecule has 2 aromatic rings. The van der Waals surface area contributed by atoms with Crippen molar-refractivity contribution in [2.45, 2.75) is 19.0 Å². The molecule has 5 nitrogen and oxygen atoms in total. The lowest BCUT2D eigenvalue weighted by Crippen LogP contribution is -2.48. The topological polar surface area (TPSA) is 70.5 Å². The van der Waals surface area contributed by atoms with Crippen molar-refractivity contribution in [1.82, 2.24) is 9.88 Å². The largest absolute Gasteiger partial charge is 0.480 e. The molecule has 1 unspecified atom stereocenters. The van der Waals surface area contributed by atoms with E-state index in [-0.39, 0.29) is 17.1 Å². The number of amides is 1. The second-order valence-corrected chi connectivity index (χ2v) is 5.52. The van der Waals surface area contributed by atoms with Gasteiger partial charge < -0.3 is 10.0 Å². The number of fused-ring (bicyclic) bond motifs is 1. The number of benzene rings is 1. The van der Waals surface area contributed by atoms with Gasteiger partial charge >= 0.3 is 5.97 Å². The molecule has 0 bridgehead atoms. The van der Waals surface area contributed by atoms with Gasteiger partial charge in [0.2, 0.25) is 0 Å². The molecule has 0 fully saturated rings. The Kier molecular flexibility index (Phi) is 3.81. The highest BCUT2D eigenvalue weighted by Gasteiger charge is 2.35. The van der Waals surface area contributed by atoms with Gasteiger partial charge in [0.25, 0.3) is 5.91 Å². The molecule has 0 saturated heterocycles. The first-order valence-corrected chi connectivity index (χ1v) is 7.16. The number of halogens is 1. The number of carboxylic acid groups (broad SMARTS) is 1. The zero-order chi connectivity index (χ0) is 15.7. The van der Waals surface area contributed by atoms with Crippen LogP contribution in [0.2, 0.25) is 5.02 Å². The fourth-order valence-corrected chi connectivity index (χ4v) is 2.86. The molecule has 1 aliphatic rings. The summed E-state index contributed by atoms with van der Waals surface area (Å²) in [6.45, 7) is 0.255. The van der Waals surface area contributed by atoms with Crippen molar-refractivity contribution in [2.24, 2.45) is 0 Å². The number of carbonyl (C=O) groups is 2. The summed E-state index contributed by atoms with van der Waals surface area (Å²) in [7, 11) is 0. The number of carbonyl (C=O) groups excluding carboxylic acids is 1. The molecule has 2 heterocycles. The number of rotatable bonds is 2. The Bertz CT molecular complexity index is 748. The van der Waals surface area contributed by atoms with E-state index in [2.05, 4.69) is 4.98 Å². The van der Waals surface area contributed by atoms with Crippen molar-refractivity contribution in [3.8, 4) is 0 Å². The van der Waals surface area contributed by atoms with Gasteiger partial charge in [-0.3, -0.25) is 9.78 Å². The number of carboxylic acids is 1. The van der Waals surface area contributed by atoms with Gasteiger partial charge in [-0.2, -0.15) is 0 Å². The number of nitrogens with zero attached hydrogens (tertiary/aromatic N) is 2. The minimum atomic E-state index is -1.02. The number of aliphatic carboxylic acids is 1. The van der Waals surface area contributed by atoms with E-state index < -0.39 is 17.9 Å². The Hall–Kier alpha value is -2.40. The van der Waals surface area contributed by atoms with Gasteiger partial charge in [-0.1, -0.05) is 35.9 Å². The summed E-state index contributed by atoms with van der Waals surface area (Å²) in [6.07, 6.45) is 3.13. The second-order valence-electron chi connectivity index (χ2n) is 5.12. The lowest BCUT2D eigenvalue weighted by atomic mass is 9.93. The van der Waals surface area contributed by atoms with E-state index >= 15 is 0 Å². The van der Waals surface area contributed by atoms with Gasteiger partial charge in [-0.05, 0) is 17.2 Å². The fraction of sp³-hybridized carbons (Fsp3) is 0.188. The van der Waals surface area contributed by atoms with Crippen molar-refractivity contribution in [3.05, 3.63) is 64.4 Å². The molecule has 1 atom stereocenters. The normalized spacial score (nSPS) is 17.0. The first-order valence-electron chi connectivity index (χ1n) is 6.78. The van der Waals surface area contributed by atoms with Crippen LogP contribution in [0.4, 0.5) is 0 Å². The maximum Gasteiger partial charge on any atom is 0.326 e. The van der Waals surface area contributed by atoms with E-state index in [1.165, 1.54) is 23.4 Å². The van der Waals surface area contributed by atoms with Crippen molar-refractivity contribution < 1.29 is 14.7 Å². The van der Waals surface area contributed by atoms with Gasteiger partial charge in [0.05, 0.1) is 10.6 Å². The monoisotopic (exact) mass is 316 g/mol. The summed E-state index contributed by atoms with van der Waals surface area (Å²) in [5, 5.41) is 9.68. The van der Waals surface area contributed by atoms with E-state index in [1.807, 2.05) is 24.3 Å². The standard InChI is InChI=1S/C16H13ClN2O3/c17-13-8-18-6-5-12(13)15(20)19-9-11-4-2-1-3-10(11)7-14(19)16(21)22/h1-6,8,14H,7,9H2,(H,21,22). The smallest absolute Gasteiger partial charge is 0.326 e. The van der Waals surface area contributed by atoms with Crippen LogP contribution in [-0.4, -0.2) is 32.9 Å². The predicted molar refractivity (Wildman–Crippen MR) is 80.7 cm³/mol. The number of hydrogen-bond donors (Lipinski definition) is 1.